The van der Waals surface area contributed by atoms with E-state index in [9.17, 15) is 4.79 Å². The van der Waals surface area contributed by atoms with Crippen LogP contribution >= 0.6 is 10.9 Å². The van der Waals surface area contributed by atoms with Gasteiger partial charge in [-0.05, 0) is 62.9 Å². The molecule has 1 fully saturated rings. The van der Waals surface area contributed by atoms with E-state index in [1.807, 2.05) is 18.3 Å². The Balaban J connectivity index is 1.37. The Morgan fingerprint density at radius 3 is 2.68 bits per heavy atom. The second-order valence-electron chi connectivity index (χ2n) is 10.4. The Hall–Kier alpha value is -3.04. The number of benzene rings is 1. The van der Waals surface area contributed by atoms with Crippen molar-refractivity contribution in [2.24, 2.45) is 13.0 Å². The minimum Gasteiger partial charge on any atom is -0.478 e. The van der Waals surface area contributed by atoms with Gasteiger partial charge in [-0.15, -0.1) is 0 Å². The van der Waals surface area contributed by atoms with Crippen molar-refractivity contribution in [2.45, 2.75) is 26.2 Å². The van der Waals surface area contributed by atoms with Crippen LogP contribution in [0.4, 0.5) is 5.69 Å². The zero-order chi connectivity index (χ0) is 25.9. The number of nitrogens with one attached hydrogen (secondary N) is 2. The van der Waals surface area contributed by atoms with Crippen LogP contribution in [0.3, 0.4) is 0 Å². The van der Waals surface area contributed by atoms with E-state index in [4.69, 9.17) is 4.74 Å². The molecular weight excluding hydrogens is 484 g/mol. The van der Waals surface area contributed by atoms with Gasteiger partial charge in [-0.3, -0.25) is 9.55 Å². The maximum atomic E-state index is 12.4. The fraction of sp³-hybridized carbons (Fsp3) is 0.464. The van der Waals surface area contributed by atoms with E-state index in [1.54, 1.807) is 17.8 Å². The molecule has 8 nitrogen and oxygen atoms in total. The maximum absolute atomic E-state index is 12.4. The molecule has 3 aromatic heterocycles. The Bertz CT molecular complexity index is 1420. The number of likely N-dealkylation sites (tertiary alicyclic amines) is 1. The van der Waals surface area contributed by atoms with Crippen molar-refractivity contribution in [3.05, 3.63) is 47.1 Å². The highest BCUT2D eigenvalue weighted by atomic mass is 32.2. The molecule has 1 aromatic carbocycles. The molecule has 0 saturated carbocycles. The van der Waals surface area contributed by atoms with Crippen molar-refractivity contribution in [1.82, 2.24) is 24.4 Å². The minimum absolute atomic E-state index is 0.146. The first-order valence-electron chi connectivity index (χ1n) is 13.1. The average molecular weight is 523 g/mol. The maximum Gasteiger partial charge on any atom is 0.326 e. The first-order chi connectivity index (χ1) is 17.9. The van der Waals surface area contributed by atoms with Gasteiger partial charge in [0.25, 0.3) is 0 Å². The summed E-state index contributed by atoms with van der Waals surface area (Å²) in [5.74, 6) is 2.37. The summed E-state index contributed by atoms with van der Waals surface area (Å²) in [4.78, 5) is 27.2. The van der Waals surface area contributed by atoms with Crippen LogP contribution in [-0.4, -0.2) is 69.0 Å². The number of rotatable bonds is 9. The third kappa shape index (κ3) is 5.62. The molecule has 1 saturated heterocycles. The molecule has 9 heteroatoms. The number of anilines is 1. The monoisotopic (exact) mass is 522 g/mol. The number of imidazole rings is 1. The van der Waals surface area contributed by atoms with Crippen LogP contribution in [-0.2, 0) is 7.05 Å². The summed E-state index contributed by atoms with van der Waals surface area (Å²) in [5, 5.41) is 4.59. The number of hydrogen-bond acceptors (Lipinski definition) is 6. The molecule has 5 rings (SSSR count). The Kier molecular flexibility index (Phi) is 7.71. The highest BCUT2D eigenvalue weighted by molar-refractivity contribution is 8.15. The molecule has 0 bridgehead atoms. The first-order valence-corrected chi connectivity index (χ1v) is 15.5. The molecule has 1 aliphatic heterocycles. The number of aromatic nitrogens is 4. The lowest BCUT2D eigenvalue weighted by Gasteiger charge is -2.29. The van der Waals surface area contributed by atoms with E-state index in [0.29, 0.717) is 12.5 Å². The van der Waals surface area contributed by atoms with E-state index in [1.165, 1.54) is 25.9 Å². The SMILES string of the molecule is CC1CCN(CCCOc2ccc(-c3ccc4ncc5c([nH]c(=O)n5C)c4c3NC[SH](C)C)cn2)CC1. The summed E-state index contributed by atoms with van der Waals surface area (Å²) in [5.41, 5.74) is 5.27. The molecule has 0 aliphatic carbocycles. The number of aromatic amines is 1. The number of pyridine rings is 2. The van der Waals surface area contributed by atoms with Crippen LogP contribution in [0.2, 0.25) is 0 Å². The first kappa shape index (κ1) is 25.6. The van der Waals surface area contributed by atoms with E-state index in [2.05, 4.69) is 56.7 Å². The summed E-state index contributed by atoms with van der Waals surface area (Å²) < 4.78 is 7.56. The van der Waals surface area contributed by atoms with Crippen molar-refractivity contribution in [3.63, 3.8) is 0 Å². The Morgan fingerprint density at radius 2 is 1.95 bits per heavy atom. The third-order valence-electron chi connectivity index (χ3n) is 7.28. The van der Waals surface area contributed by atoms with Crippen LogP contribution < -0.4 is 15.7 Å². The smallest absolute Gasteiger partial charge is 0.326 e. The van der Waals surface area contributed by atoms with Gasteiger partial charge in [0.1, 0.15) is 0 Å². The predicted octanol–water partition coefficient (Wildman–Crippen LogP) is 4.61. The average Bonchev–Trinajstić information content (AvgIpc) is 3.19. The van der Waals surface area contributed by atoms with Crippen molar-refractivity contribution in [1.29, 1.82) is 0 Å². The van der Waals surface area contributed by atoms with E-state index < -0.39 is 0 Å². The van der Waals surface area contributed by atoms with Crippen LogP contribution in [0.5, 0.6) is 5.88 Å². The summed E-state index contributed by atoms with van der Waals surface area (Å²) in [7, 11) is 1.59. The zero-order valence-electron chi connectivity index (χ0n) is 22.3. The van der Waals surface area contributed by atoms with E-state index >= 15 is 0 Å². The fourth-order valence-electron chi connectivity index (χ4n) is 4.99. The summed E-state index contributed by atoms with van der Waals surface area (Å²) in [6, 6.07) is 8.09. The second kappa shape index (κ2) is 11.1. The van der Waals surface area contributed by atoms with E-state index in [-0.39, 0.29) is 16.6 Å². The lowest BCUT2D eigenvalue weighted by Crippen LogP contribution is -2.34. The summed E-state index contributed by atoms with van der Waals surface area (Å²) >= 11 is 0. The normalized spacial score (nSPS) is 15.4. The molecule has 2 N–H and O–H groups in total. The van der Waals surface area contributed by atoms with Crippen LogP contribution in [0, 0.1) is 5.92 Å². The second-order valence-corrected chi connectivity index (χ2v) is 12.9. The van der Waals surface area contributed by atoms with Crippen LogP contribution in [0.25, 0.3) is 33.1 Å². The van der Waals surface area contributed by atoms with Gasteiger partial charge >= 0.3 is 5.69 Å². The van der Waals surface area contributed by atoms with Crippen molar-refractivity contribution in [2.75, 3.05) is 49.9 Å². The standard InChI is InChI=1S/C28H38N6O2S/c1-19-10-13-34(14-11-19)12-5-15-36-24-9-6-20(16-30-24)21-7-8-22-25(26(21)31-18-37(3)4)27-23(17-29-22)33(2)28(35)32-27/h6-9,16-17,19,31,37H,5,10-15,18H2,1-4H3,(H,32,35). The molecule has 4 heterocycles. The molecule has 0 spiro atoms. The quantitative estimate of drug-likeness (QED) is 0.220. The largest absolute Gasteiger partial charge is 0.478 e. The van der Waals surface area contributed by atoms with Gasteiger partial charge in [0.05, 0.1) is 35.0 Å². The van der Waals surface area contributed by atoms with Gasteiger partial charge in [-0.2, -0.15) is 0 Å². The Morgan fingerprint density at radius 1 is 1.14 bits per heavy atom. The van der Waals surface area contributed by atoms with Gasteiger partial charge in [0, 0.05) is 48.2 Å². The number of nitrogens with zero attached hydrogens (tertiary/aromatic N) is 4. The number of fused-ring (bicyclic) bond motifs is 3. The van der Waals surface area contributed by atoms with Crippen molar-refractivity contribution < 1.29 is 4.74 Å². The number of piperidine rings is 1. The molecule has 0 amide bonds. The highest BCUT2D eigenvalue weighted by Crippen LogP contribution is 2.38. The molecule has 4 aromatic rings. The number of H-pyrrole nitrogens is 1. The third-order valence-corrected chi connectivity index (χ3v) is 8.07. The van der Waals surface area contributed by atoms with Crippen LogP contribution in [0.15, 0.2) is 41.5 Å². The highest BCUT2D eigenvalue weighted by Gasteiger charge is 2.17. The molecule has 1 aliphatic rings. The van der Waals surface area contributed by atoms with Crippen molar-refractivity contribution in [3.8, 4) is 17.0 Å². The van der Waals surface area contributed by atoms with Gasteiger partial charge < -0.3 is 19.9 Å². The van der Waals surface area contributed by atoms with Gasteiger partial charge in [-0.25, -0.2) is 20.7 Å². The molecule has 0 atom stereocenters. The zero-order valence-corrected chi connectivity index (χ0v) is 23.1. The molecular formula is C28H38N6O2S. The lowest BCUT2D eigenvalue weighted by atomic mass is 9.99. The van der Waals surface area contributed by atoms with Crippen LogP contribution in [0.1, 0.15) is 26.2 Å². The molecule has 37 heavy (non-hydrogen) atoms. The van der Waals surface area contributed by atoms with Gasteiger partial charge in [-0.1, -0.05) is 13.0 Å². The van der Waals surface area contributed by atoms with Gasteiger partial charge in [0.2, 0.25) is 5.88 Å². The van der Waals surface area contributed by atoms with Gasteiger partial charge in [0.15, 0.2) is 0 Å². The summed E-state index contributed by atoms with van der Waals surface area (Å²) in [6.07, 6.45) is 11.7. The fourth-order valence-corrected chi connectivity index (χ4v) is 5.47. The number of ether oxygens (including phenoxy) is 1. The number of hydrogen-bond donors (Lipinski definition) is 3. The molecule has 198 valence electrons. The lowest BCUT2D eigenvalue weighted by molar-refractivity contribution is 0.176. The summed E-state index contributed by atoms with van der Waals surface area (Å²) in [6.45, 7) is 6.50. The minimum atomic E-state index is -0.174. The number of thiol groups is 1. The Labute approximate surface area is 220 Å². The number of aryl methyl sites for hydroxylation is 1. The topological polar surface area (TPSA) is 88.1 Å². The van der Waals surface area contributed by atoms with E-state index in [0.717, 1.165) is 63.5 Å². The van der Waals surface area contributed by atoms with Crippen molar-refractivity contribution >= 4 is 38.5 Å². The predicted molar refractivity (Wildman–Crippen MR) is 156 cm³/mol. The molecule has 0 radical (unpaired) electrons. The molecule has 0 unspecified atom stereocenters.